The zero-order chi connectivity index (χ0) is 11.7. The van der Waals surface area contributed by atoms with Crippen LogP contribution in [-0.2, 0) is 13.1 Å². The first-order valence-electron chi connectivity index (χ1n) is 6.81. The van der Waals surface area contributed by atoms with Crippen LogP contribution in [0.5, 0.6) is 0 Å². The minimum absolute atomic E-state index is 0.886. The summed E-state index contributed by atoms with van der Waals surface area (Å²) in [5.74, 6) is 1.00. The molecule has 2 fully saturated rings. The molecular formula is C15H22N2. The Balaban J connectivity index is 1.61. The van der Waals surface area contributed by atoms with Crippen molar-refractivity contribution in [2.45, 2.75) is 38.4 Å². The number of nitrogens with one attached hydrogen (secondary N) is 1. The second-order valence-electron chi connectivity index (χ2n) is 5.61. The molecule has 1 aliphatic heterocycles. The molecule has 0 radical (unpaired) electrons. The van der Waals surface area contributed by atoms with Gasteiger partial charge in [0.1, 0.15) is 0 Å². The molecule has 92 valence electrons. The number of likely N-dealkylation sites (tertiary alicyclic amines) is 1. The fraction of sp³-hybridized carbons (Fsp3) is 0.600. The largest absolute Gasteiger partial charge is 0.316 e. The van der Waals surface area contributed by atoms with E-state index in [4.69, 9.17) is 0 Å². The summed E-state index contributed by atoms with van der Waals surface area (Å²) >= 11 is 0. The van der Waals surface area contributed by atoms with Gasteiger partial charge in [0.25, 0.3) is 0 Å². The van der Waals surface area contributed by atoms with Crippen LogP contribution in [0.3, 0.4) is 0 Å². The Kier molecular flexibility index (Phi) is 3.17. The average molecular weight is 230 g/mol. The Bertz CT molecular complexity index is 371. The highest BCUT2D eigenvalue weighted by molar-refractivity contribution is 5.22. The zero-order valence-corrected chi connectivity index (χ0v) is 10.7. The molecule has 0 aromatic heterocycles. The molecule has 2 aliphatic rings. The van der Waals surface area contributed by atoms with Crippen molar-refractivity contribution < 1.29 is 0 Å². The lowest BCUT2D eigenvalue weighted by molar-refractivity contribution is 0.205. The van der Waals surface area contributed by atoms with E-state index in [0.717, 1.165) is 25.0 Å². The van der Waals surface area contributed by atoms with Crippen molar-refractivity contribution in [2.24, 2.45) is 5.92 Å². The van der Waals surface area contributed by atoms with Gasteiger partial charge in [0.15, 0.2) is 0 Å². The van der Waals surface area contributed by atoms with Crippen molar-refractivity contribution in [3.63, 3.8) is 0 Å². The molecule has 0 amide bonds. The second-order valence-corrected chi connectivity index (χ2v) is 5.61. The molecule has 1 saturated heterocycles. The lowest BCUT2D eigenvalue weighted by atomic mass is 10.1. The van der Waals surface area contributed by atoms with Gasteiger partial charge in [-0.25, -0.2) is 0 Å². The van der Waals surface area contributed by atoms with Gasteiger partial charge >= 0.3 is 0 Å². The Hall–Kier alpha value is -0.860. The second kappa shape index (κ2) is 4.79. The number of hydrogen-bond acceptors (Lipinski definition) is 2. The summed E-state index contributed by atoms with van der Waals surface area (Å²) in [5.41, 5.74) is 2.84. The first-order chi connectivity index (χ1) is 8.35. The lowest BCUT2D eigenvalue weighted by Crippen LogP contribution is -2.31. The number of rotatable bonds is 4. The van der Waals surface area contributed by atoms with Crippen LogP contribution >= 0.6 is 0 Å². The average Bonchev–Trinajstić information content (AvgIpc) is 2.94. The topological polar surface area (TPSA) is 15.3 Å². The van der Waals surface area contributed by atoms with Crippen molar-refractivity contribution in [1.29, 1.82) is 0 Å². The van der Waals surface area contributed by atoms with E-state index < -0.39 is 0 Å². The van der Waals surface area contributed by atoms with Crippen LogP contribution in [0.1, 0.15) is 30.4 Å². The number of hydrogen-bond donors (Lipinski definition) is 1. The molecule has 1 N–H and O–H groups in total. The van der Waals surface area contributed by atoms with Gasteiger partial charge in [-0.2, -0.15) is 0 Å². The standard InChI is InChI=1S/C15H22N2/c1-16-9-12-2-4-13(5-3-12)10-17-11-14-6-7-15(17)8-14/h2-5,14-16H,6-11H2,1H3. The third-order valence-electron chi connectivity index (χ3n) is 4.31. The quantitative estimate of drug-likeness (QED) is 0.854. The molecule has 2 atom stereocenters. The Morgan fingerprint density at radius 2 is 1.94 bits per heavy atom. The highest BCUT2D eigenvalue weighted by Gasteiger charge is 2.37. The molecular weight excluding hydrogens is 208 g/mol. The highest BCUT2D eigenvalue weighted by atomic mass is 15.2. The predicted octanol–water partition coefficient (Wildman–Crippen LogP) is 2.39. The van der Waals surface area contributed by atoms with E-state index >= 15 is 0 Å². The maximum Gasteiger partial charge on any atom is 0.0236 e. The van der Waals surface area contributed by atoms with E-state index in [2.05, 4.69) is 34.5 Å². The molecule has 1 aromatic carbocycles. The summed E-state index contributed by atoms with van der Waals surface area (Å²) in [5, 5.41) is 3.19. The van der Waals surface area contributed by atoms with Gasteiger partial charge in [0, 0.05) is 25.7 Å². The van der Waals surface area contributed by atoms with Gasteiger partial charge in [0.2, 0.25) is 0 Å². The van der Waals surface area contributed by atoms with Crippen LogP contribution in [0.25, 0.3) is 0 Å². The van der Waals surface area contributed by atoms with Gasteiger partial charge in [0.05, 0.1) is 0 Å². The van der Waals surface area contributed by atoms with Gasteiger partial charge in [-0.15, -0.1) is 0 Å². The molecule has 17 heavy (non-hydrogen) atoms. The molecule has 0 spiro atoms. The van der Waals surface area contributed by atoms with Crippen LogP contribution in [-0.4, -0.2) is 24.5 Å². The molecule has 1 aromatic rings. The summed E-state index contributed by atoms with van der Waals surface area (Å²) in [6.07, 6.45) is 4.36. The third-order valence-corrected chi connectivity index (χ3v) is 4.31. The Labute approximate surface area is 104 Å². The fourth-order valence-corrected chi connectivity index (χ4v) is 3.42. The maximum absolute atomic E-state index is 3.19. The van der Waals surface area contributed by atoms with Gasteiger partial charge < -0.3 is 5.32 Å². The van der Waals surface area contributed by atoms with E-state index in [1.165, 1.54) is 36.9 Å². The van der Waals surface area contributed by atoms with E-state index in [-0.39, 0.29) is 0 Å². The lowest BCUT2D eigenvalue weighted by Gasteiger charge is -2.26. The van der Waals surface area contributed by atoms with Gasteiger partial charge in [-0.1, -0.05) is 24.3 Å². The number of fused-ring (bicyclic) bond motifs is 2. The fourth-order valence-electron chi connectivity index (χ4n) is 3.42. The third kappa shape index (κ3) is 2.38. The summed E-state index contributed by atoms with van der Waals surface area (Å²) in [6.45, 7) is 3.46. The maximum atomic E-state index is 3.19. The molecule has 2 nitrogen and oxygen atoms in total. The van der Waals surface area contributed by atoms with Gasteiger partial charge in [-0.05, 0) is 43.4 Å². The molecule has 2 unspecified atom stereocenters. The van der Waals surface area contributed by atoms with E-state index in [1.54, 1.807) is 0 Å². The molecule has 2 bridgehead atoms. The van der Waals surface area contributed by atoms with Crippen molar-refractivity contribution in [2.75, 3.05) is 13.6 Å². The summed E-state index contributed by atoms with van der Waals surface area (Å²) in [7, 11) is 1.99. The van der Waals surface area contributed by atoms with Crippen LogP contribution in [0, 0.1) is 5.92 Å². The zero-order valence-electron chi connectivity index (χ0n) is 10.7. The van der Waals surface area contributed by atoms with Crippen molar-refractivity contribution in [1.82, 2.24) is 10.2 Å². The van der Waals surface area contributed by atoms with E-state index in [9.17, 15) is 0 Å². The highest BCUT2D eigenvalue weighted by Crippen LogP contribution is 2.37. The van der Waals surface area contributed by atoms with Crippen LogP contribution in [0.2, 0.25) is 0 Å². The van der Waals surface area contributed by atoms with E-state index in [1.807, 2.05) is 7.05 Å². The minimum atomic E-state index is 0.886. The monoisotopic (exact) mass is 230 g/mol. The van der Waals surface area contributed by atoms with Crippen LogP contribution < -0.4 is 5.32 Å². The van der Waals surface area contributed by atoms with Crippen LogP contribution in [0.15, 0.2) is 24.3 Å². The molecule has 1 aliphatic carbocycles. The van der Waals surface area contributed by atoms with Gasteiger partial charge in [-0.3, -0.25) is 4.90 Å². The van der Waals surface area contributed by atoms with E-state index in [0.29, 0.717) is 0 Å². The number of piperidine rings is 1. The van der Waals surface area contributed by atoms with Crippen molar-refractivity contribution in [3.05, 3.63) is 35.4 Å². The SMILES string of the molecule is CNCc1ccc(CN2CC3CCC2C3)cc1. The van der Waals surface area contributed by atoms with Crippen molar-refractivity contribution in [3.8, 4) is 0 Å². The summed E-state index contributed by atoms with van der Waals surface area (Å²) < 4.78 is 0. The minimum Gasteiger partial charge on any atom is -0.316 e. The Morgan fingerprint density at radius 1 is 1.18 bits per heavy atom. The Morgan fingerprint density at radius 3 is 2.53 bits per heavy atom. The number of nitrogens with zero attached hydrogens (tertiary/aromatic N) is 1. The molecule has 2 heteroatoms. The summed E-state index contributed by atoms with van der Waals surface area (Å²) in [6, 6.07) is 9.97. The normalized spacial score (nSPS) is 27.8. The van der Waals surface area contributed by atoms with Crippen LogP contribution in [0.4, 0.5) is 0 Å². The predicted molar refractivity (Wildman–Crippen MR) is 70.7 cm³/mol. The smallest absolute Gasteiger partial charge is 0.0236 e. The molecule has 1 heterocycles. The first kappa shape index (κ1) is 11.2. The summed E-state index contributed by atoms with van der Waals surface area (Å²) in [4.78, 5) is 2.68. The number of benzene rings is 1. The first-order valence-corrected chi connectivity index (χ1v) is 6.81. The molecule has 1 saturated carbocycles. The van der Waals surface area contributed by atoms with Crippen molar-refractivity contribution >= 4 is 0 Å². The molecule has 3 rings (SSSR count).